The Bertz CT molecular complexity index is 555. The van der Waals surface area contributed by atoms with Crippen LogP contribution in [0.3, 0.4) is 0 Å². The highest BCUT2D eigenvalue weighted by atomic mass is 32.2. The third kappa shape index (κ3) is 3.76. The van der Waals surface area contributed by atoms with Gasteiger partial charge in [0.2, 0.25) is 10.0 Å². The van der Waals surface area contributed by atoms with Crippen LogP contribution in [0.5, 0.6) is 0 Å². The van der Waals surface area contributed by atoms with Gasteiger partial charge in [-0.2, -0.15) is 5.10 Å². The first kappa shape index (κ1) is 16.6. The summed E-state index contributed by atoms with van der Waals surface area (Å²) in [7, 11) is -4.02. The number of sulfonamides is 1. The third-order valence-corrected chi connectivity index (χ3v) is 4.38. The minimum atomic E-state index is -4.02. The molecule has 0 atom stereocenters. The minimum absolute atomic E-state index is 0.183. The summed E-state index contributed by atoms with van der Waals surface area (Å²) in [6.45, 7) is 0.0161. The van der Waals surface area contributed by atoms with Crippen LogP contribution in [0, 0.1) is 0 Å². The van der Waals surface area contributed by atoms with Crippen molar-refractivity contribution in [1.82, 2.24) is 14.5 Å². The van der Waals surface area contributed by atoms with Crippen LogP contribution < -0.4 is 4.72 Å². The van der Waals surface area contributed by atoms with Crippen molar-refractivity contribution >= 4 is 16.0 Å². The maximum Gasteiger partial charge on any atom is 0.325 e. The van der Waals surface area contributed by atoms with Crippen LogP contribution >= 0.6 is 0 Å². The average Bonchev–Trinajstić information content (AvgIpc) is 2.84. The second-order valence-electron chi connectivity index (χ2n) is 4.32. The first-order valence-electron chi connectivity index (χ1n) is 5.78. The molecule has 114 valence electrons. The molecular formula is C10H17N3O6S. The van der Waals surface area contributed by atoms with Crippen LogP contribution in [0.1, 0.15) is 13.3 Å². The van der Waals surface area contributed by atoms with Crippen LogP contribution in [-0.4, -0.2) is 58.2 Å². The molecular weight excluding hydrogens is 290 g/mol. The van der Waals surface area contributed by atoms with Crippen LogP contribution in [-0.2, 0) is 21.4 Å². The van der Waals surface area contributed by atoms with E-state index in [0.29, 0.717) is 0 Å². The first-order valence-corrected chi connectivity index (χ1v) is 7.27. The van der Waals surface area contributed by atoms with Crippen molar-refractivity contribution in [2.45, 2.75) is 30.3 Å². The summed E-state index contributed by atoms with van der Waals surface area (Å²) in [5.74, 6) is -1.15. The number of nitrogens with zero attached hydrogens (tertiary/aromatic N) is 2. The van der Waals surface area contributed by atoms with Gasteiger partial charge in [-0.25, -0.2) is 13.1 Å². The van der Waals surface area contributed by atoms with E-state index in [2.05, 4.69) is 9.82 Å². The lowest BCUT2D eigenvalue weighted by molar-refractivity contribution is -0.137. The smallest absolute Gasteiger partial charge is 0.325 e. The Kier molecular flexibility index (Phi) is 5.22. The maximum absolute atomic E-state index is 12.1. The molecule has 0 aliphatic carbocycles. The molecule has 0 amide bonds. The average molecular weight is 307 g/mol. The number of nitrogens with one attached hydrogen (secondary N) is 1. The quantitative estimate of drug-likeness (QED) is 0.452. The van der Waals surface area contributed by atoms with Gasteiger partial charge in [-0.3, -0.25) is 9.48 Å². The second-order valence-corrected chi connectivity index (χ2v) is 6.01. The van der Waals surface area contributed by atoms with Crippen molar-refractivity contribution in [3.05, 3.63) is 12.4 Å². The summed E-state index contributed by atoms with van der Waals surface area (Å²) < 4.78 is 27.4. The summed E-state index contributed by atoms with van der Waals surface area (Å²) in [5.41, 5.74) is -1.37. The van der Waals surface area contributed by atoms with Crippen molar-refractivity contribution in [1.29, 1.82) is 0 Å². The Balaban J connectivity index is 2.99. The molecule has 1 aromatic heterocycles. The van der Waals surface area contributed by atoms with Crippen LogP contribution in [0.2, 0.25) is 0 Å². The fraction of sp³-hybridized carbons (Fsp3) is 0.600. The largest absolute Gasteiger partial charge is 0.480 e. The molecule has 10 heteroatoms. The van der Waals surface area contributed by atoms with Crippen LogP contribution in [0.25, 0.3) is 0 Å². The van der Waals surface area contributed by atoms with Gasteiger partial charge in [-0.1, -0.05) is 6.92 Å². The molecule has 1 aromatic rings. The van der Waals surface area contributed by atoms with E-state index in [1.807, 2.05) is 0 Å². The number of hydrogen-bond donors (Lipinski definition) is 4. The van der Waals surface area contributed by atoms with Crippen molar-refractivity contribution < 1.29 is 28.5 Å². The van der Waals surface area contributed by atoms with Gasteiger partial charge < -0.3 is 15.3 Å². The van der Waals surface area contributed by atoms with Gasteiger partial charge in [-0.05, 0) is 6.42 Å². The molecule has 0 bridgehead atoms. The summed E-state index contributed by atoms with van der Waals surface area (Å²) >= 11 is 0. The molecule has 0 saturated carbocycles. The number of hydrogen-bond acceptors (Lipinski definition) is 6. The van der Waals surface area contributed by atoms with E-state index in [1.165, 1.54) is 0 Å². The van der Waals surface area contributed by atoms with E-state index in [9.17, 15) is 23.4 Å². The van der Waals surface area contributed by atoms with E-state index in [0.717, 1.165) is 17.1 Å². The standard InChI is InChI=1S/C10H17N3O6S/c1-2-10(6-14,7-15)12-20(18,19)8-3-11-13(4-8)5-9(16)17/h3-4,12,14-15H,2,5-7H2,1H3,(H,16,17). The number of carboxylic acids is 1. The molecule has 0 saturated heterocycles. The zero-order valence-electron chi connectivity index (χ0n) is 10.9. The Morgan fingerprint density at radius 3 is 2.50 bits per heavy atom. The molecule has 0 aliphatic rings. The Labute approximate surface area is 115 Å². The van der Waals surface area contributed by atoms with Crippen molar-refractivity contribution in [3.8, 4) is 0 Å². The number of aliphatic hydroxyl groups excluding tert-OH is 2. The molecule has 0 unspecified atom stereocenters. The Morgan fingerprint density at radius 2 is 2.05 bits per heavy atom. The second kappa shape index (κ2) is 6.31. The molecule has 0 aliphatic heterocycles. The van der Waals surface area contributed by atoms with Gasteiger partial charge in [0.1, 0.15) is 11.4 Å². The number of aliphatic carboxylic acids is 1. The lowest BCUT2D eigenvalue weighted by atomic mass is 10.0. The molecule has 0 spiro atoms. The van der Waals surface area contributed by atoms with Crippen molar-refractivity contribution in [2.24, 2.45) is 0 Å². The van der Waals surface area contributed by atoms with Crippen molar-refractivity contribution in [2.75, 3.05) is 13.2 Å². The van der Waals surface area contributed by atoms with Gasteiger partial charge in [-0.15, -0.1) is 0 Å². The summed E-state index contributed by atoms with van der Waals surface area (Å²) in [5, 5.41) is 30.7. The predicted molar refractivity (Wildman–Crippen MR) is 67.4 cm³/mol. The van der Waals surface area contributed by atoms with E-state index in [4.69, 9.17) is 5.11 Å². The van der Waals surface area contributed by atoms with E-state index < -0.39 is 41.3 Å². The topological polar surface area (TPSA) is 142 Å². The van der Waals surface area contributed by atoms with Crippen molar-refractivity contribution in [3.63, 3.8) is 0 Å². The maximum atomic E-state index is 12.1. The first-order chi connectivity index (χ1) is 9.28. The molecule has 20 heavy (non-hydrogen) atoms. The summed E-state index contributed by atoms with van der Waals surface area (Å²) in [6, 6.07) is 0. The zero-order chi connectivity index (χ0) is 15.4. The van der Waals surface area contributed by atoms with Gasteiger partial charge in [0, 0.05) is 6.20 Å². The van der Waals surface area contributed by atoms with Gasteiger partial charge in [0.05, 0.1) is 24.9 Å². The number of aliphatic hydroxyl groups is 2. The fourth-order valence-corrected chi connectivity index (χ4v) is 2.87. The molecule has 4 N–H and O–H groups in total. The summed E-state index contributed by atoms with van der Waals surface area (Å²) in [4.78, 5) is 10.3. The Morgan fingerprint density at radius 1 is 1.45 bits per heavy atom. The number of carbonyl (C=O) groups is 1. The lowest BCUT2D eigenvalue weighted by Crippen LogP contribution is -2.53. The fourth-order valence-electron chi connectivity index (χ4n) is 1.46. The number of carboxylic acid groups (broad SMARTS) is 1. The highest BCUT2D eigenvalue weighted by molar-refractivity contribution is 7.89. The molecule has 9 nitrogen and oxygen atoms in total. The van der Waals surface area contributed by atoms with E-state index in [-0.39, 0.29) is 11.3 Å². The van der Waals surface area contributed by atoms with Crippen LogP contribution in [0.15, 0.2) is 17.3 Å². The molecule has 1 heterocycles. The number of rotatable bonds is 8. The van der Waals surface area contributed by atoms with E-state index in [1.54, 1.807) is 6.92 Å². The van der Waals surface area contributed by atoms with E-state index >= 15 is 0 Å². The molecule has 0 radical (unpaired) electrons. The normalized spacial score (nSPS) is 12.6. The van der Waals surface area contributed by atoms with Gasteiger partial charge in [0.25, 0.3) is 0 Å². The lowest BCUT2D eigenvalue weighted by Gasteiger charge is -2.28. The minimum Gasteiger partial charge on any atom is -0.480 e. The van der Waals surface area contributed by atoms with Gasteiger partial charge in [0.15, 0.2) is 0 Å². The number of aromatic nitrogens is 2. The molecule has 0 aromatic carbocycles. The Hall–Kier alpha value is -1.49. The monoisotopic (exact) mass is 307 g/mol. The van der Waals surface area contributed by atoms with Crippen LogP contribution in [0.4, 0.5) is 0 Å². The third-order valence-electron chi connectivity index (χ3n) is 2.85. The summed E-state index contributed by atoms with van der Waals surface area (Å²) in [6.07, 6.45) is 2.24. The molecule has 0 fully saturated rings. The van der Waals surface area contributed by atoms with Gasteiger partial charge >= 0.3 is 5.97 Å². The SMILES string of the molecule is CCC(CO)(CO)NS(=O)(=O)c1cnn(CC(=O)O)c1. The molecule has 1 rings (SSSR count). The predicted octanol–water partition coefficient (Wildman–Crippen LogP) is -1.62. The highest BCUT2D eigenvalue weighted by Gasteiger charge is 2.33. The zero-order valence-corrected chi connectivity index (χ0v) is 11.7. The highest BCUT2D eigenvalue weighted by Crippen LogP contribution is 2.15.